The molecule has 118 valence electrons. The molecule has 3 N–H and O–H groups in total. The van der Waals surface area contributed by atoms with E-state index in [9.17, 15) is 4.79 Å². The minimum Gasteiger partial charge on any atom is -0.377 e. The summed E-state index contributed by atoms with van der Waals surface area (Å²) in [5.74, 6) is 2.13. The van der Waals surface area contributed by atoms with Gasteiger partial charge >= 0.3 is 0 Å². The van der Waals surface area contributed by atoms with E-state index in [4.69, 9.17) is 10.5 Å². The first-order valence-electron chi connectivity index (χ1n) is 7.48. The molecule has 0 aromatic carbocycles. The molecule has 1 saturated heterocycles. The Morgan fingerprint density at radius 3 is 2.80 bits per heavy atom. The predicted molar refractivity (Wildman–Crippen MR) is 86.5 cm³/mol. The fourth-order valence-corrected chi connectivity index (χ4v) is 3.89. The summed E-state index contributed by atoms with van der Waals surface area (Å²) in [6.07, 6.45) is 7.38. The van der Waals surface area contributed by atoms with Gasteiger partial charge in [-0.05, 0) is 44.6 Å². The molecule has 6 heteroatoms. The number of halogens is 1. The molecule has 1 amide bonds. The number of hydrogen-bond acceptors (Lipinski definition) is 4. The van der Waals surface area contributed by atoms with Crippen LogP contribution in [0.1, 0.15) is 38.5 Å². The predicted octanol–water partition coefficient (Wildman–Crippen LogP) is 1.95. The molecule has 0 spiro atoms. The number of thioether (sulfide) groups is 1. The van der Waals surface area contributed by atoms with E-state index in [0.29, 0.717) is 30.4 Å². The van der Waals surface area contributed by atoms with Crippen molar-refractivity contribution in [2.45, 2.75) is 50.7 Å². The number of nitrogens with one attached hydrogen (secondary N) is 1. The lowest BCUT2D eigenvalue weighted by atomic mass is 10.0. The number of carbonyl (C=O) groups excluding carboxylic acids is 1. The first-order chi connectivity index (χ1) is 9.29. The monoisotopic (exact) mass is 322 g/mol. The molecule has 3 atom stereocenters. The van der Waals surface area contributed by atoms with Crippen LogP contribution in [0, 0.1) is 5.92 Å². The molecule has 0 aromatic rings. The lowest BCUT2D eigenvalue weighted by molar-refractivity contribution is -0.119. The van der Waals surface area contributed by atoms with Crippen LogP contribution in [0.15, 0.2) is 0 Å². The van der Waals surface area contributed by atoms with Gasteiger partial charge in [0.15, 0.2) is 0 Å². The van der Waals surface area contributed by atoms with E-state index in [1.54, 1.807) is 11.8 Å². The normalized spacial score (nSPS) is 29.8. The van der Waals surface area contributed by atoms with E-state index >= 15 is 0 Å². The van der Waals surface area contributed by atoms with E-state index in [1.807, 2.05) is 0 Å². The number of carbonyl (C=O) groups is 1. The molecule has 3 unspecified atom stereocenters. The summed E-state index contributed by atoms with van der Waals surface area (Å²) >= 11 is 1.69. The molecule has 1 heterocycles. The zero-order chi connectivity index (χ0) is 13.5. The minimum absolute atomic E-state index is 0. The van der Waals surface area contributed by atoms with Crippen LogP contribution in [-0.2, 0) is 9.53 Å². The Morgan fingerprint density at radius 1 is 1.25 bits per heavy atom. The van der Waals surface area contributed by atoms with Crippen LogP contribution < -0.4 is 11.1 Å². The third-order valence-electron chi connectivity index (χ3n) is 4.12. The molecule has 1 aliphatic heterocycles. The third kappa shape index (κ3) is 5.80. The van der Waals surface area contributed by atoms with Crippen molar-refractivity contribution < 1.29 is 9.53 Å². The van der Waals surface area contributed by atoms with Gasteiger partial charge in [-0.3, -0.25) is 4.79 Å². The number of rotatable bonds is 6. The van der Waals surface area contributed by atoms with E-state index in [-0.39, 0.29) is 18.3 Å². The van der Waals surface area contributed by atoms with Crippen molar-refractivity contribution in [1.82, 2.24) is 5.32 Å². The smallest absolute Gasteiger partial charge is 0.230 e. The van der Waals surface area contributed by atoms with E-state index in [2.05, 4.69) is 5.32 Å². The molecule has 0 radical (unpaired) electrons. The second kappa shape index (κ2) is 9.87. The lowest BCUT2D eigenvalue weighted by Crippen LogP contribution is -2.40. The topological polar surface area (TPSA) is 64.3 Å². The van der Waals surface area contributed by atoms with Crippen LogP contribution in [0.4, 0.5) is 0 Å². The largest absolute Gasteiger partial charge is 0.377 e. The van der Waals surface area contributed by atoms with Crippen molar-refractivity contribution >= 4 is 30.1 Å². The van der Waals surface area contributed by atoms with Crippen LogP contribution in [0.2, 0.25) is 0 Å². The number of amides is 1. The van der Waals surface area contributed by atoms with Crippen molar-refractivity contribution in [1.29, 1.82) is 0 Å². The highest BCUT2D eigenvalue weighted by Gasteiger charge is 2.27. The third-order valence-corrected chi connectivity index (χ3v) is 5.19. The fourth-order valence-electron chi connectivity index (χ4n) is 2.98. The summed E-state index contributed by atoms with van der Waals surface area (Å²) in [4.78, 5) is 11.9. The Bertz CT molecular complexity index is 288. The van der Waals surface area contributed by atoms with Gasteiger partial charge in [0.2, 0.25) is 5.91 Å². The fraction of sp³-hybridized carbons (Fsp3) is 0.929. The highest BCUT2D eigenvalue weighted by Crippen LogP contribution is 2.24. The van der Waals surface area contributed by atoms with Gasteiger partial charge in [0.05, 0.1) is 11.9 Å². The van der Waals surface area contributed by atoms with Crippen LogP contribution in [0.25, 0.3) is 0 Å². The maximum atomic E-state index is 11.9. The van der Waals surface area contributed by atoms with Gasteiger partial charge in [0, 0.05) is 18.4 Å². The molecule has 1 saturated carbocycles. The van der Waals surface area contributed by atoms with Crippen molar-refractivity contribution in [3.05, 3.63) is 0 Å². The zero-order valence-corrected chi connectivity index (χ0v) is 13.6. The van der Waals surface area contributed by atoms with Gasteiger partial charge in [-0.2, -0.15) is 0 Å². The molecular weight excluding hydrogens is 296 g/mol. The molecular formula is C14H27ClN2O2S. The molecule has 0 aromatic heterocycles. The van der Waals surface area contributed by atoms with Crippen molar-refractivity contribution in [3.8, 4) is 0 Å². The molecule has 0 bridgehead atoms. The molecule has 20 heavy (non-hydrogen) atoms. The van der Waals surface area contributed by atoms with Crippen LogP contribution >= 0.6 is 24.2 Å². The van der Waals surface area contributed by atoms with Crippen LogP contribution in [-0.4, -0.2) is 42.7 Å². The van der Waals surface area contributed by atoms with E-state index in [1.165, 1.54) is 19.3 Å². The molecule has 4 nitrogen and oxygen atoms in total. The second-order valence-electron chi connectivity index (χ2n) is 5.60. The van der Waals surface area contributed by atoms with E-state index in [0.717, 1.165) is 31.6 Å². The summed E-state index contributed by atoms with van der Waals surface area (Å²) in [6.45, 7) is 1.58. The van der Waals surface area contributed by atoms with Crippen molar-refractivity contribution in [2.24, 2.45) is 11.7 Å². The quantitative estimate of drug-likeness (QED) is 0.784. The zero-order valence-electron chi connectivity index (χ0n) is 12.0. The van der Waals surface area contributed by atoms with Gasteiger partial charge in [-0.25, -0.2) is 0 Å². The van der Waals surface area contributed by atoms with Gasteiger partial charge in [0.1, 0.15) is 0 Å². The number of ether oxygens (including phenoxy) is 1. The minimum atomic E-state index is 0. The van der Waals surface area contributed by atoms with Crippen LogP contribution in [0.5, 0.6) is 0 Å². The highest BCUT2D eigenvalue weighted by molar-refractivity contribution is 7.99. The van der Waals surface area contributed by atoms with Crippen molar-refractivity contribution in [3.63, 3.8) is 0 Å². The van der Waals surface area contributed by atoms with Crippen molar-refractivity contribution in [2.75, 3.05) is 24.7 Å². The van der Waals surface area contributed by atoms with Gasteiger partial charge in [-0.1, -0.05) is 6.42 Å². The summed E-state index contributed by atoms with van der Waals surface area (Å²) in [7, 11) is 0. The number of hydrogen-bond donors (Lipinski definition) is 2. The lowest BCUT2D eigenvalue weighted by Gasteiger charge is -2.22. The number of nitrogens with two attached hydrogens (primary N) is 1. The summed E-state index contributed by atoms with van der Waals surface area (Å²) in [6, 6.07) is 0.309. The SMILES string of the molecule is Cl.NCC1CCCC1NC(=O)CSCC1CCCCO1. The molecule has 1 aliphatic carbocycles. The Kier molecular flexibility index (Phi) is 8.93. The summed E-state index contributed by atoms with van der Waals surface area (Å²) in [5, 5.41) is 3.14. The Balaban J connectivity index is 0.00000200. The van der Waals surface area contributed by atoms with Crippen LogP contribution in [0.3, 0.4) is 0 Å². The average molecular weight is 323 g/mol. The Hall–Kier alpha value is 0.0300. The first-order valence-corrected chi connectivity index (χ1v) is 8.64. The maximum absolute atomic E-state index is 11.9. The summed E-state index contributed by atoms with van der Waals surface area (Å²) in [5.41, 5.74) is 5.72. The van der Waals surface area contributed by atoms with E-state index < -0.39 is 0 Å². The van der Waals surface area contributed by atoms with Gasteiger partial charge in [0.25, 0.3) is 0 Å². The second-order valence-corrected chi connectivity index (χ2v) is 6.63. The Morgan fingerprint density at radius 2 is 2.10 bits per heavy atom. The Labute approximate surface area is 132 Å². The summed E-state index contributed by atoms with van der Waals surface area (Å²) < 4.78 is 5.66. The maximum Gasteiger partial charge on any atom is 0.230 e. The molecule has 2 aliphatic rings. The highest BCUT2D eigenvalue weighted by atomic mass is 35.5. The standard InChI is InChI=1S/C14H26N2O2S.ClH/c15-8-11-4-3-6-13(11)16-14(17)10-19-9-12-5-1-2-7-18-12;/h11-13H,1-10,15H2,(H,16,17);1H. The average Bonchev–Trinajstić information content (AvgIpc) is 2.87. The molecule has 2 rings (SSSR count). The first kappa shape index (κ1) is 18.1. The van der Waals surface area contributed by atoms with Gasteiger partial charge < -0.3 is 15.8 Å². The molecule has 2 fully saturated rings. The van der Waals surface area contributed by atoms with Gasteiger partial charge in [-0.15, -0.1) is 24.2 Å².